The molecule has 4 aromatic rings. The van der Waals surface area contributed by atoms with Crippen molar-refractivity contribution in [2.45, 2.75) is 33.6 Å². The molecule has 0 saturated heterocycles. The monoisotopic (exact) mass is 426 g/mol. The van der Waals surface area contributed by atoms with Gasteiger partial charge in [0.1, 0.15) is 15.5 Å². The van der Waals surface area contributed by atoms with Crippen LogP contribution in [0.4, 0.5) is 10.8 Å². The predicted octanol–water partition coefficient (Wildman–Crippen LogP) is 5.54. The fraction of sp³-hybridized carbons (Fsp3) is 0.286. The van der Waals surface area contributed by atoms with Gasteiger partial charge in [0.05, 0.1) is 22.5 Å². The normalized spacial score (nSPS) is 11.3. The minimum Gasteiger partial charge on any atom is -0.494 e. The van der Waals surface area contributed by atoms with Crippen LogP contribution in [0.15, 0.2) is 24.3 Å². The van der Waals surface area contributed by atoms with Gasteiger partial charge in [0.15, 0.2) is 5.13 Å². The van der Waals surface area contributed by atoms with E-state index in [1.807, 2.05) is 38.1 Å². The number of nitrogen functional groups attached to an aromatic ring is 1. The highest BCUT2D eigenvalue weighted by Gasteiger charge is 2.20. The zero-order chi connectivity index (χ0) is 20.5. The SMILES string of the molecule is CCCCOc1ccc2nc(NC(=O)c3sc4nc(C)cc(C)c4c3N)sc2c1. The molecule has 8 heteroatoms. The van der Waals surface area contributed by atoms with Crippen molar-refractivity contribution in [3.63, 3.8) is 0 Å². The Morgan fingerprint density at radius 1 is 1.21 bits per heavy atom. The minimum atomic E-state index is -0.263. The largest absolute Gasteiger partial charge is 0.494 e. The summed E-state index contributed by atoms with van der Waals surface area (Å²) in [5, 5.41) is 4.27. The van der Waals surface area contributed by atoms with E-state index in [1.165, 1.54) is 22.7 Å². The number of amides is 1. The van der Waals surface area contributed by atoms with E-state index < -0.39 is 0 Å². The second-order valence-corrected chi connectivity index (χ2v) is 8.94. The predicted molar refractivity (Wildman–Crippen MR) is 121 cm³/mol. The number of carbonyl (C=O) groups is 1. The number of carbonyl (C=O) groups excluding carboxylic acids is 1. The molecule has 0 unspecified atom stereocenters. The lowest BCUT2D eigenvalue weighted by molar-refractivity contribution is 0.103. The number of unbranched alkanes of at least 4 members (excludes halogenated alkanes) is 1. The number of hydrogen-bond donors (Lipinski definition) is 2. The van der Waals surface area contributed by atoms with Crippen molar-refractivity contribution in [3.05, 3.63) is 40.4 Å². The number of anilines is 2. The van der Waals surface area contributed by atoms with Gasteiger partial charge in [-0.3, -0.25) is 10.1 Å². The smallest absolute Gasteiger partial charge is 0.269 e. The Morgan fingerprint density at radius 2 is 2.03 bits per heavy atom. The van der Waals surface area contributed by atoms with Crippen molar-refractivity contribution in [2.75, 3.05) is 17.7 Å². The lowest BCUT2D eigenvalue weighted by Gasteiger charge is -2.04. The van der Waals surface area contributed by atoms with Gasteiger partial charge in [0.2, 0.25) is 0 Å². The average molecular weight is 427 g/mol. The molecule has 150 valence electrons. The second kappa shape index (κ2) is 7.96. The van der Waals surface area contributed by atoms with Gasteiger partial charge in [0.25, 0.3) is 5.91 Å². The number of nitrogens with zero attached hydrogens (tertiary/aromatic N) is 2. The van der Waals surface area contributed by atoms with Gasteiger partial charge in [-0.2, -0.15) is 0 Å². The van der Waals surface area contributed by atoms with Crippen LogP contribution in [-0.2, 0) is 0 Å². The molecule has 0 aliphatic carbocycles. The van der Waals surface area contributed by atoms with Crippen LogP contribution in [0.3, 0.4) is 0 Å². The van der Waals surface area contributed by atoms with E-state index in [0.29, 0.717) is 22.3 Å². The molecule has 29 heavy (non-hydrogen) atoms. The maximum Gasteiger partial charge on any atom is 0.269 e. The van der Waals surface area contributed by atoms with Crippen molar-refractivity contribution in [3.8, 4) is 5.75 Å². The molecular formula is C21H22N4O2S2. The van der Waals surface area contributed by atoms with Crippen molar-refractivity contribution in [2.24, 2.45) is 0 Å². The Hall–Kier alpha value is -2.71. The number of ether oxygens (including phenoxy) is 1. The number of rotatable bonds is 6. The van der Waals surface area contributed by atoms with Crippen LogP contribution in [0.25, 0.3) is 20.4 Å². The number of benzene rings is 1. The molecule has 0 fully saturated rings. The van der Waals surface area contributed by atoms with Crippen LogP contribution in [0.1, 0.15) is 40.7 Å². The third-order valence-corrected chi connectivity index (χ3v) is 6.61. The van der Waals surface area contributed by atoms with Crippen LogP contribution < -0.4 is 15.8 Å². The molecule has 3 N–H and O–H groups in total. The highest BCUT2D eigenvalue weighted by Crippen LogP contribution is 2.36. The van der Waals surface area contributed by atoms with E-state index in [0.717, 1.165) is 50.3 Å². The Labute approximate surface area is 176 Å². The van der Waals surface area contributed by atoms with Crippen molar-refractivity contribution < 1.29 is 9.53 Å². The number of pyridine rings is 1. The van der Waals surface area contributed by atoms with Gasteiger partial charge < -0.3 is 10.5 Å². The van der Waals surface area contributed by atoms with Crippen LogP contribution in [0, 0.1) is 13.8 Å². The molecule has 0 bridgehead atoms. The van der Waals surface area contributed by atoms with Crippen LogP contribution in [-0.4, -0.2) is 22.5 Å². The summed E-state index contributed by atoms with van der Waals surface area (Å²) in [5.41, 5.74) is 9.50. The number of aromatic nitrogens is 2. The zero-order valence-corrected chi connectivity index (χ0v) is 18.2. The number of nitrogens with one attached hydrogen (secondary N) is 1. The Bertz CT molecular complexity index is 1210. The number of thiophene rings is 1. The van der Waals surface area contributed by atoms with Crippen molar-refractivity contribution in [1.82, 2.24) is 9.97 Å². The number of aryl methyl sites for hydroxylation is 2. The van der Waals surface area contributed by atoms with E-state index in [-0.39, 0.29) is 5.91 Å². The number of thiazole rings is 1. The lowest BCUT2D eigenvalue weighted by atomic mass is 10.1. The summed E-state index contributed by atoms with van der Waals surface area (Å²) in [5.74, 6) is 0.555. The molecule has 0 aliphatic heterocycles. The molecule has 3 aromatic heterocycles. The fourth-order valence-electron chi connectivity index (χ4n) is 3.17. The number of hydrogen-bond acceptors (Lipinski definition) is 7. The fourth-order valence-corrected chi connectivity index (χ4v) is 5.18. The molecule has 0 atom stereocenters. The van der Waals surface area contributed by atoms with E-state index in [2.05, 4.69) is 22.2 Å². The first-order chi connectivity index (χ1) is 14.0. The first kappa shape index (κ1) is 19.6. The number of nitrogens with two attached hydrogens (primary N) is 1. The standard InChI is InChI=1S/C21H22N4O2S2/c1-4-5-8-27-13-6-7-14-15(10-13)28-21(24-14)25-19(26)18-17(22)16-11(2)9-12(3)23-20(16)29-18/h6-7,9-10H,4-5,8,22H2,1-3H3,(H,24,25,26). The average Bonchev–Trinajstić information content (AvgIpc) is 3.21. The van der Waals surface area contributed by atoms with Crippen molar-refractivity contribution >= 4 is 59.8 Å². The van der Waals surface area contributed by atoms with E-state index in [1.54, 1.807) is 0 Å². The molecule has 0 saturated carbocycles. The van der Waals surface area contributed by atoms with Crippen LogP contribution >= 0.6 is 22.7 Å². The third kappa shape index (κ3) is 3.90. The molecule has 0 spiro atoms. The molecule has 4 rings (SSSR count). The summed E-state index contributed by atoms with van der Waals surface area (Å²) in [4.78, 5) is 23.1. The van der Waals surface area contributed by atoms with Crippen LogP contribution in [0.5, 0.6) is 5.75 Å². The van der Waals surface area contributed by atoms with E-state index in [4.69, 9.17) is 10.5 Å². The minimum absolute atomic E-state index is 0.263. The van der Waals surface area contributed by atoms with Crippen molar-refractivity contribution in [1.29, 1.82) is 0 Å². The Kier molecular flexibility index (Phi) is 5.38. The third-order valence-electron chi connectivity index (χ3n) is 4.58. The molecule has 3 heterocycles. The Morgan fingerprint density at radius 3 is 2.83 bits per heavy atom. The summed E-state index contributed by atoms with van der Waals surface area (Å²) in [6.07, 6.45) is 2.11. The lowest BCUT2D eigenvalue weighted by Crippen LogP contribution is -2.11. The maximum absolute atomic E-state index is 12.9. The molecule has 1 aromatic carbocycles. The first-order valence-corrected chi connectivity index (χ1v) is 11.1. The summed E-state index contributed by atoms with van der Waals surface area (Å²) in [6, 6.07) is 7.75. The van der Waals surface area contributed by atoms with E-state index in [9.17, 15) is 4.79 Å². The van der Waals surface area contributed by atoms with Gasteiger partial charge in [-0.15, -0.1) is 11.3 Å². The van der Waals surface area contributed by atoms with Gasteiger partial charge in [-0.1, -0.05) is 24.7 Å². The quantitative estimate of drug-likeness (QED) is 0.395. The van der Waals surface area contributed by atoms with Gasteiger partial charge in [-0.25, -0.2) is 9.97 Å². The highest BCUT2D eigenvalue weighted by molar-refractivity contribution is 7.23. The van der Waals surface area contributed by atoms with Crippen LogP contribution in [0.2, 0.25) is 0 Å². The summed E-state index contributed by atoms with van der Waals surface area (Å²) >= 11 is 2.73. The van der Waals surface area contributed by atoms with Gasteiger partial charge >= 0.3 is 0 Å². The summed E-state index contributed by atoms with van der Waals surface area (Å²) in [7, 11) is 0. The second-order valence-electron chi connectivity index (χ2n) is 6.91. The summed E-state index contributed by atoms with van der Waals surface area (Å²) < 4.78 is 6.72. The number of fused-ring (bicyclic) bond motifs is 2. The highest BCUT2D eigenvalue weighted by atomic mass is 32.1. The molecule has 0 radical (unpaired) electrons. The Balaban J connectivity index is 1.58. The topological polar surface area (TPSA) is 90.1 Å². The van der Waals surface area contributed by atoms with Gasteiger partial charge in [-0.05, 0) is 50.1 Å². The molecular weight excluding hydrogens is 404 g/mol. The first-order valence-electron chi connectivity index (χ1n) is 9.47. The zero-order valence-electron chi connectivity index (χ0n) is 16.5. The maximum atomic E-state index is 12.9. The van der Waals surface area contributed by atoms with E-state index >= 15 is 0 Å². The molecule has 0 aliphatic rings. The molecule has 1 amide bonds. The summed E-state index contributed by atoms with van der Waals surface area (Å²) in [6.45, 7) is 6.74. The molecule has 6 nitrogen and oxygen atoms in total. The van der Waals surface area contributed by atoms with Gasteiger partial charge in [0, 0.05) is 11.1 Å².